The van der Waals surface area contributed by atoms with Crippen molar-refractivity contribution in [2.45, 2.75) is 181 Å². The Hall–Kier alpha value is -1.55. The Kier molecular flexibility index (Phi) is 11.1. The minimum atomic E-state index is -0.658. The SMILES string of the molecule is CCCCCCC(C)(C(=O)N(CCCC)C1CC(C)(C)NC(C)(C)C1)c1cc(C(C)(C)C)c(O)c(C(C)(C)C)c1. The molecular weight excluding hydrogens is 492 g/mol. The van der Waals surface area contributed by atoms with E-state index in [1.807, 2.05) is 0 Å². The molecule has 0 radical (unpaired) electrons. The number of nitrogens with zero attached hydrogens (tertiary/aromatic N) is 1. The maximum atomic E-state index is 15.1. The van der Waals surface area contributed by atoms with Crippen LogP contribution in [0.3, 0.4) is 0 Å². The lowest BCUT2D eigenvalue weighted by Crippen LogP contribution is -2.64. The molecule has 1 aliphatic heterocycles. The van der Waals surface area contributed by atoms with Crippen molar-refractivity contribution in [3.8, 4) is 5.75 Å². The summed E-state index contributed by atoms with van der Waals surface area (Å²) in [5.41, 5.74) is 1.73. The molecule has 1 saturated heterocycles. The smallest absolute Gasteiger partial charge is 0.233 e. The average molecular weight is 557 g/mol. The number of carbonyl (C=O) groups excluding carboxylic acids is 1. The monoisotopic (exact) mass is 556 g/mol. The summed E-state index contributed by atoms with van der Waals surface area (Å²) in [7, 11) is 0. The van der Waals surface area contributed by atoms with Gasteiger partial charge in [-0.25, -0.2) is 0 Å². The van der Waals surface area contributed by atoms with Gasteiger partial charge in [-0.05, 0) is 87.8 Å². The van der Waals surface area contributed by atoms with Gasteiger partial charge in [-0.3, -0.25) is 4.79 Å². The van der Waals surface area contributed by atoms with E-state index < -0.39 is 5.41 Å². The van der Waals surface area contributed by atoms with Gasteiger partial charge in [-0.15, -0.1) is 0 Å². The minimum Gasteiger partial charge on any atom is -0.507 e. The lowest BCUT2D eigenvalue weighted by atomic mass is 9.70. The summed E-state index contributed by atoms with van der Waals surface area (Å²) < 4.78 is 0. The fraction of sp³-hybridized carbons (Fsp3) is 0.806. The van der Waals surface area contributed by atoms with Gasteiger partial charge in [-0.2, -0.15) is 0 Å². The number of amides is 1. The van der Waals surface area contributed by atoms with Gasteiger partial charge in [0.05, 0.1) is 5.41 Å². The lowest BCUT2D eigenvalue weighted by Gasteiger charge is -2.51. The van der Waals surface area contributed by atoms with Crippen molar-refractivity contribution in [1.29, 1.82) is 0 Å². The van der Waals surface area contributed by atoms with Crippen LogP contribution in [0.5, 0.6) is 5.75 Å². The van der Waals surface area contributed by atoms with E-state index in [0.717, 1.165) is 68.2 Å². The molecule has 1 atom stereocenters. The Morgan fingerprint density at radius 1 is 0.850 bits per heavy atom. The molecule has 1 heterocycles. The van der Waals surface area contributed by atoms with Crippen LogP contribution in [0, 0.1) is 0 Å². The summed E-state index contributed by atoms with van der Waals surface area (Å²) in [6.07, 6.45) is 9.33. The molecule has 1 aliphatic rings. The molecule has 230 valence electrons. The number of piperidine rings is 1. The summed E-state index contributed by atoms with van der Waals surface area (Å²) in [4.78, 5) is 17.4. The van der Waals surface area contributed by atoms with Crippen LogP contribution in [-0.4, -0.2) is 39.6 Å². The van der Waals surface area contributed by atoms with Crippen molar-refractivity contribution in [3.63, 3.8) is 0 Å². The van der Waals surface area contributed by atoms with Gasteiger partial charge < -0.3 is 15.3 Å². The molecule has 0 bridgehead atoms. The molecule has 0 aliphatic carbocycles. The minimum absolute atomic E-state index is 0.0357. The van der Waals surface area contributed by atoms with Gasteiger partial charge in [0.1, 0.15) is 5.75 Å². The van der Waals surface area contributed by atoms with Gasteiger partial charge in [0.2, 0.25) is 5.91 Å². The number of phenols is 1. The summed E-state index contributed by atoms with van der Waals surface area (Å²) in [6, 6.07) is 4.52. The van der Waals surface area contributed by atoms with E-state index in [0.29, 0.717) is 5.75 Å². The maximum Gasteiger partial charge on any atom is 0.233 e. The quantitative estimate of drug-likeness (QED) is 0.267. The molecule has 2 N–H and O–H groups in total. The first kappa shape index (κ1) is 34.7. The highest BCUT2D eigenvalue weighted by atomic mass is 16.3. The zero-order valence-corrected chi connectivity index (χ0v) is 28.6. The molecule has 4 heteroatoms. The summed E-state index contributed by atoms with van der Waals surface area (Å²) in [5, 5.41) is 15.3. The van der Waals surface area contributed by atoms with Gasteiger partial charge in [0.25, 0.3) is 0 Å². The van der Waals surface area contributed by atoms with E-state index >= 15 is 4.79 Å². The van der Waals surface area contributed by atoms with Crippen LogP contribution in [0.25, 0.3) is 0 Å². The highest BCUT2D eigenvalue weighted by Gasteiger charge is 2.46. The molecule has 1 unspecified atom stereocenters. The highest BCUT2D eigenvalue weighted by molar-refractivity contribution is 5.88. The zero-order chi connectivity index (χ0) is 30.7. The largest absolute Gasteiger partial charge is 0.507 e. The molecule has 2 rings (SSSR count). The number of unbranched alkanes of at least 4 members (excludes halogenated alkanes) is 4. The first-order valence-electron chi connectivity index (χ1n) is 16.2. The molecule has 0 spiro atoms. The number of carbonyl (C=O) groups is 1. The molecule has 0 saturated carbocycles. The Labute approximate surface area is 248 Å². The summed E-state index contributed by atoms with van der Waals surface area (Å²) in [6.45, 7) is 29.5. The molecule has 1 fully saturated rings. The molecule has 1 amide bonds. The average Bonchev–Trinajstić information content (AvgIpc) is 2.78. The third kappa shape index (κ3) is 8.49. The number of aromatic hydroxyl groups is 1. The van der Waals surface area contributed by atoms with E-state index in [2.05, 4.69) is 112 Å². The normalized spacial score (nSPS) is 19.3. The number of hydrogen-bond acceptors (Lipinski definition) is 3. The molecule has 1 aromatic rings. The van der Waals surface area contributed by atoms with E-state index in [4.69, 9.17) is 0 Å². The van der Waals surface area contributed by atoms with Crippen molar-refractivity contribution in [3.05, 3.63) is 28.8 Å². The third-order valence-electron chi connectivity index (χ3n) is 8.99. The molecule has 4 nitrogen and oxygen atoms in total. The Bertz CT molecular complexity index is 944. The fourth-order valence-electron chi connectivity index (χ4n) is 6.96. The van der Waals surface area contributed by atoms with Gasteiger partial charge in [0, 0.05) is 23.7 Å². The first-order valence-corrected chi connectivity index (χ1v) is 16.2. The van der Waals surface area contributed by atoms with Crippen molar-refractivity contribution < 1.29 is 9.90 Å². The predicted molar refractivity (Wildman–Crippen MR) is 173 cm³/mol. The van der Waals surface area contributed by atoms with Gasteiger partial charge in [-0.1, -0.05) is 99.6 Å². The van der Waals surface area contributed by atoms with E-state index in [9.17, 15) is 5.11 Å². The first-order chi connectivity index (χ1) is 18.2. The highest BCUT2D eigenvalue weighted by Crippen LogP contribution is 2.45. The van der Waals surface area contributed by atoms with Crippen LogP contribution in [0.1, 0.15) is 164 Å². The van der Waals surface area contributed by atoms with E-state index in [-0.39, 0.29) is 33.9 Å². The third-order valence-corrected chi connectivity index (χ3v) is 8.99. The van der Waals surface area contributed by atoms with Crippen LogP contribution >= 0.6 is 0 Å². The lowest BCUT2D eigenvalue weighted by molar-refractivity contribution is -0.141. The van der Waals surface area contributed by atoms with E-state index in [1.165, 1.54) is 12.8 Å². The van der Waals surface area contributed by atoms with Crippen LogP contribution in [0.4, 0.5) is 0 Å². The summed E-state index contributed by atoms with van der Waals surface area (Å²) >= 11 is 0. The zero-order valence-electron chi connectivity index (χ0n) is 28.6. The molecule has 40 heavy (non-hydrogen) atoms. The number of phenolic OH excluding ortho intramolecular Hbond substituents is 1. The van der Waals surface area contributed by atoms with Crippen molar-refractivity contribution >= 4 is 5.91 Å². The predicted octanol–water partition coefficient (Wildman–Crippen LogP) is 9.15. The Morgan fingerprint density at radius 2 is 1.32 bits per heavy atom. The fourth-order valence-corrected chi connectivity index (χ4v) is 6.96. The van der Waals surface area contributed by atoms with Crippen molar-refractivity contribution in [2.24, 2.45) is 0 Å². The van der Waals surface area contributed by atoms with Crippen molar-refractivity contribution in [1.82, 2.24) is 10.2 Å². The molecule has 0 aromatic heterocycles. The van der Waals surface area contributed by atoms with Crippen LogP contribution in [0.2, 0.25) is 0 Å². The molecule has 1 aromatic carbocycles. The number of rotatable bonds is 11. The van der Waals surface area contributed by atoms with Crippen LogP contribution in [-0.2, 0) is 21.0 Å². The summed E-state index contributed by atoms with van der Waals surface area (Å²) in [5.74, 6) is 0.649. The van der Waals surface area contributed by atoms with Gasteiger partial charge in [0.15, 0.2) is 0 Å². The molecular formula is C36H64N2O2. The number of hydrogen-bond donors (Lipinski definition) is 2. The van der Waals surface area contributed by atoms with Crippen LogP contribution in [0.15, 0.2) is 12.1 Å². The van der Waals surface area contributed by atoms with Gasteiger partial charge >= 0.3 is 0 Å². The van der Waals surface area contributed by atoms with E-state index in [1.54, 1.807) is 0 Å². The standard InChI is InChI=1S/C36H64N2O2/c1-14-16-18-19-20-36(13,26-22-28(32(3,4)5)30(39)29(23-26)33(6,7)8)31(40)38(21-17-15-2)27-24-34(9,10)37-35(11,12)25-27/h22-23,27,37,39H,14-21,24-25H2,1-13H3. The number of benzene rings is 1. The second-order valence-corrected chi connectivity index (χ2v) is 16.4. The van der Waals surface area contributed by atoms with Crippen molar-refractivity contribution in [2.75, 3.05) is 6.54 Å². The number of nitrogens with one attached hydrogen (secondary N) is 1. The Balaban J connectivity index is 2.75. The second kappa shape index (κ2) is 12.8. The van der Waals surface area contributed by atoms with Crippen LogP contribution < -0.4 is 5.32 Å². The topological polar surface area (TPSA) is 52.6 Å². The maximum absolute atomic E-state index is 15.1. The second-order valence-electron chi connectivity index (χ2n) is 16.4. The Morgan fingerprint density at radius 3 is 1.75 bits per heavy atom.